The maximum absolute atomic E-state index is 11.9. The lowest BCUT2D eigenvalue weighted by molar-refractivity contribution is -0.122. The van der Waals surface area contributed by atoms with Crippen LogP contribution in [0.2, 0.25) is 0 Å². The molecule has 5 heteroatoms. The van der Waals surface area contributed by atoms with Crippen molar-refractivity contribution in [3.63, 3.8) is 0 Å². The number of carbonyl (C=O) groups excluding carboxylic acids is 1. The van der Waals surface area contributed by atoms with E-state index in [0.717, 1.165) is 13.0 Å². The molecule has 1 amide bonds. The Bertz CT molecular complexity index is 255. The van der Waals surface area contributed by atoms with Crippen LogP contribution in [0.15, 0.2) is 0 Å². The molecule has 1 atom stereocenters. The van der Waals surface area contributed by atoms with E-state index in [-0.39, 0.29) is 10.7 Å². The largest absolute Gasteiger partial charge is 0.385 e. The number of rotatable bonds is 8. The van der Waals surface area contributed by atoms with Gasteiger partial charge in [-0.1, -0.05) is 12.8 Å². The molecule has 0 heterocycles. The number of nitrogens with one attached hydrogen (secondary N) is 1. The summed E-state index contributed by atoms with van der Waals surface area (Å²) in [7, 11) is 1.66. The molecule has 1 unspecified atom stereocenters. The Morgan fingerprint density at radius 3 is 2.72 bits per heavy atom. The second kappa shape index (κ2) is 8.02. The molecular weight excluding hydrogens is 248 g/mol. The number of thioether (sulfide) groups is 1. The zero-order chi connectivity index (χ0) is 13.4. The van der Waals surface area contributed by atoms with Crippen LogP contribution in [0.5, 0.6) is 0 Å². The summed E-state index contributed by atoms with van der Waals surface area (Å²) in [4.78, 5) is 11.9. The lowest BCUT2D eigenvalue weighted by Crippen LogP contribution is -2.46. The van der Waals surface area contributed by atoms with Gasteiger partial charge in [0.05, 0.1) is 6.04 Å². The van der Waals surface area contributed by atoms with Gasteiger partial charge >= 0.3 is 0 Å². The average Bonchev–Trinajstić information content (AvgIpc) is 2.85. The molecular formula is C13H26N2O2S. The summed E-state index contributed by atoms with van der Waals surface area (Å²) in [5.74, 6) is -0.0218. The standard InChI is InChI=1S/C13H26N2O2S/c1-17-9-5-6-11(14)12(16)15-10-13(18-2)7-3-4-8-13/h11H,3-10,14H2,1-2H3,(H,15,16). The second-order valence-electron chi connectivity index (χ2n) is 5.05. The van der Waals surface area contributed by atoms with Gasteiger partial charge in [0.1, 0.15) is 0 Å². The van der Waals surface area contributed by atoms with Crippen LogP contribution in [0.1, 0.15) is 38.5 Å². The molecule has 106 valence electrons. The van der Waals surface area contributed by atoms with Gasteiger partial charge in [0.25, 0.3) is 0 Å². The minimum Gasteiger partial charge on any atom is -0.385 e. The highest BCUT2D eigenvalue weighted by atomic mass is 32.2. The predicted octanol–water partition coefficient (Wildman–Crippen LogP) is 1.53. The van der Waals surface area contributed by atoms with Gasteiger partial charge < -0.3 is 15.8 Å². The Hall–Kier alpha value is -0.260. The Kier molecular flexibility index (Phi) is 7.04. The molecule has 1 aliphatic carbocycles. The molecule has 0 saturated heterocycles. The van der Waals surface area contributed by atoms with Gasteiger partial charge in [-0.15, -0.1) is 0 Å². The highest BCUT2D eigenvalue weighted by Crippen LogP contribution is 2.39. The molecule has 0 aromatic rings. The molecule has 1 aliphatic rings. The highest BCUT2D eigenvalue weighted by Gasteiger charge is 2.33. The van der Waals surface area contributed by atoms with E-state index in [4.69, 9.17) is 10.5 Å². The van der Waals surface area contributed by atoms with Crippen molar-refractivity contribution in [3.8, 4) is 0 Å². The van der Waals surface area contributed by atoms with E-state index < -0.39 is 6.04 Å². The molecule has 0 aromatic carbocycles. The SMILES string of the molecule is COCCCC(N)C(=O)NCC1(SC)CCCC1. The Balaban J connectivity index is 2.26. The maximum atomic E-state index is 11.9. The maximum Gasteiger partial charge on any atom is 0.236 e. The minimum absolute atomic E-state index is 0.0218. The predicted molar refractivity (Wildman–Crippen MR) is 76.8 cm³/mol. The van der Waals surface area contributed by atoms with Crippen LogP contribution in [-0.4, -0.2) is 43.2 Å². The average molecular weight is 274 g/mol. The van der Waals surface area contributed by atoms with Crippen LogP contribution in [0.25, 0.3) is 0 Å². The number of hydrogen-bond donors (Lipinski definition) is 2. The van der Waals surface area contributed by atoms with Crippen molar-refractivity contribution in [2.75, 3.05) is 26.5 Å². The van der Waals surface area contributed by atoms with E-state index in [0.29, 0.717) is 13.0 Å². The van der Waals surface area contributed by atoms with E-state index in [1.807, 2.05) is 11.8 Å². The van der Waals surface area contributed by atoms with Gasteiger partial charge in [0, 0.05) is 25.0 Å². The van der Waals surface area contributed by atoms with Crippen LogP contribution in [0.4, 0.5) is 0 Å². The van der Waals surface area contributed by atoms with E-state index in [2.05, 4.69) is 11.6 Å². The van der Waals surface area contributed by atoms with Gasteiger partial charge in [-0.25, -0.2) is 0 Å². The fraction of sp³-hybridized carbons (Fsp3) is 0.923. The number of amides is 1. The summed E-state index contributed by atoms with van der Waals surface area (Å²) in [6, 6.07) is -0.402. The quantitative estimate of drug-likeness (QED) is 0.659. The van der Waals surface area contributed by atoms with Crippen molar-refractivity contribution in [3.05, 3.63) is 0 Å². The third kappa shape index (κ3) is 4.78. The van der Waals surface area contributed by atoms with E-state index in [1.165, 1.54) is 25.7 Å². The molecule has 0 radical (unpaired) electrons. The Labute approximate surface area is 114 Å². The van der Waals surface area contributed by atoms with Crippen molar-refractivity contribution >= 4 is 17.7 Å². The highest BCUT2D eigenvalue weighted by molar-refractivity contribution is 8.00. The van der Waals surface area contributed by atoms with Crippen molar-refractivity contribution in [2.45, 2.75) is 49.3 Å². The smallest absolute Gasteiger partial charge is 0.236 e. The number of methoxy groups -OCH3 is 1. The minimum atomic E-state index is -0.402. The number of ether oxygens (including phenoxy) is 1. The van der Waals surface area contributed by atoms with E-state index in [1.54, 1.807) is 7.11 Å². The number of nitrogens with two attached hydrogens (primary N) is 1. The van der Waals surface area contributed by atoms with Gasteiger partial charge in [-0.2, -0.15) is 11.8 Å². The van der Waals surface area contributed by atoms with Crippen LogP contribution in [0.3, 0.4) is 0 Å². The third-order valence-electron chi connectivity index (χ3n) is 3.73. The van der Waals surface area contributed by atoms with Gasteiger partial charge in [-0.3, -0.25) is 4.79 Å². The molecule has 0 aromatic heterocycles. The monoisotopic (exact) mass is 274 g/mol. The first-order valence-electron chi connectivity index (χ1n) is 6.71. The fourth-order valence-electron chi connectivity index (χ4n) is 2.43. The summed E-state index contributed by atoms with van der Waals surface area (Å²) in [5.41, 5.74) is 5.85. The Morgan fingerprint density at radius 2 is 2.17 bits per heavy atom. The normalized spacial score (nSPS) is 19.7. The first-order chi connectivity index (χ1) is 8.63. The van der Waals surface area contributed by atoms with Gasteiger partial charge in [0.2, 0.25) is 5.91 Å². The second-order valence-corrected chi connectivity index (χ2v) is 6.33. The van der Waals surface area contributed by atoms with Crippen molar-refractivity contribution in [1.29, 1.82) is 0 Å². The molecule has 0 bridgehead atoms. The van der Waals surface area contributed by atoms with Crippen LogP contribution in [-0.2, 0) is 9.53 Å². The van der Waals surface area contributed by atoms with E-state index >= 15 is 0 Å². The topological polar surface area (TPSA) is 64.3 Å². The molecule has 0 spiro atoms. The number of carbonyl (C=O) groups is 1. The zero-order valence-corrected chi connectivity index (χ0v) is 12.4. The molecule has 0 aliphatic heterocycles. The summed E-state index contributed by atoms with van der Waals surface area (Å²) >= 11 is 1.88. The molecule has 4 nitrogen and oxygen atoms in total. The third-order valence-corrected chi connectivity index (χ3v) is 5.15. The first-order valence-corrected chi connectivity index (χ1v) is 7.93. The molecule has 1 saturated carbocycles. The van der Waals surface area contributed by atoms with E-state index in [9.17, 15) is 4.79 Å². The summed E-state index contributed by atoms with van der Waals surface area (Å²) in [5, 5.41) is 3.02. The summed E-state index contributed by atoms with van der Waals surface area (Å²) < 4.78 is 5.21. The Morgan fingerprint density at radius 1 is 1.50 bits per heavy atom. The van der Waals surface area contributed by atoms with Gasteiger partial charge in [-0.05, 0) is 31.9 Å². The summed E-state index contributed by atoms with van der Waals surface area (Å²) in [6.45, 7) is 1.42. The molecule has 1 rings (SSSR count). The van der Waals surface area contributed by atoms with Crippen molar-refractivity contribution in [1.82, 2.24) is 5.32 Å². The lowest BCUT2D eigenvalue weighted by atomic mass is 10.1. The fourth-order valence-corrected chi connectivity index (χ4v) is 3.34. The van der Waals surface area contributed by atoms with Crippen molar-refractivity contribution in [2.24, 2.45) is 5.73 Å². The molecule has 3 N–H and O–H groups in total. The van der Waals surface area contributed by atoms with Crippen molar-refractivity contribution < 1.29 is 9.53 Å². The zero-order valence-electron chi connectivity index (χ0n) is 11.5. The summed E-state index contributed by atoms with van der Waals surface area (Å²) in [6.07, 6.45) is 8.61. The lowest BCUT2D eigenvalue weighted by Gasteiger charge is -2.27. The number of hydrogen-bond acceptors (Lipinski definition) is 4. The molecule has 1 fully saturated rings. The molecule has 18 heavy (non-hydrogen) atoms. The van der Waals surface area contributed by atoms with Crippen LogP contribution in [0, 0.1) is 0 Å². The van der Waals surface area contributed by atoms with Gasteiger partial charge in [0.15, 0.2) is 0 Å². The van der Waals surface area contributed by atoms with Crippen LogP contribution >= 0.6 is 11.8 Å². The van der Waals surface area contributed by atoms with Crippen LogP contribution < -0.4 is 11.1 Å². The first kappa shape index (κ1) is 15.8.